The maximum Gasteiger partial charge on any atom is 0.113 e. The van der Waals surface area contributed by atoms with Crippen LogP contribution >= 0.6 is 0 Å². The highest BCUT2D eigenvalue weighted by Gasteiger charge is 2.20. The Kier molecular flexibility index (Phi) is 5.90. The molecule has 0 fully saturated rings. The van der Waals surface area contributed by atoms with E-state index >= 15 is 0 Å². The van der Waals surface area contributed by atoms with Crippen LogP contribution in [0.1, 0.15) is 23.4 Å². The molecule has 0 N–H and O–H groups in total. The first-order chi connectivity index (χ1) is 11.7. The number of rotatable bonds is 7. The smallest absolute Gasteiger partial charge is 0.113 e. The molecular weight excluding hydrogens is 304 g/mol. The molecule has 24 heavy (non-hydrogen) atoms. The molecule has 3 rings (SSSR count). The molecule has 0 saturated heterocycles. The van der Waals surface area contributed by atoms with Crippen LogP contribution < -0.4 is 0 Å². The minimum atomic E-state index is 0.534. The Morgan fingerprint density at radius 3 is 2.83 bits per heavy atom. The molecule has 0 bridgehead atoms. The van der Waals surface area contributed by atoms with Crippen LogP contribution in [0.4, 0.5) is 0 Å². The molecule has 0 aliphatic carbocycles. The molecule has 0 spiro atoms. The molecule has 0 amide bonds. The topological polar surface area (TPSA) is 59.3 Å². The lowest BCUT2D eigenvalue weighted by Gasteiger charge is -2.19. The maximum atomic E-state index is 5.76. The predicted octanol–water partition coefficient (Wildman–Crippen LogP) is 1.16. The summed E-state index contributed by atoms with van der Waals surface area (Å²) in [6.45, 7) is 5.93. The molecule has 1 aliphatic heterocycles. The highest BCUT2D eigenvalue weighted by molar-refractivity contribution is 5.13. The van der Waals surface area contributed by atoms with E-state index in [2.05, 4.69) is 37.2 Å². The highest BCUT2D eigenvalue weighted by atomic mass is 16.5. The lowest BCUT2D eigenvalue weighted by atomic mass is 10.2. The standard InChI is InChI=1S/C17H26N6O/c1-21(2)10-11-24-14-16-17-13-22(8-3-9-23(17)20-19-16)12-15-4-6-18-7-5-15/h4-7H,3,8-14H2,1-2H3. The van der Waals surface area contributed by atoms with Crippen molar-refractivity contribution in [3.05, 3.63) is 41.5 Å². The number of ether oxygens (including phenoxy) is 1. The van der Waals surface area contributed by atoms with E-state index in [1.54, 1.807) is 0 Å². The summed E-state index contributed by atoms with van der Waals surface area (Å²) in [5.41, 5.74) is 3.44. The van der Waals surface area contributed by atoms with Crippen LogP contribution in [-0.2, 0) is 31.0 Å². The van der Waals surface area contributed by atoms with Crippen molar-refractivity contribution in [3.63, 3.8) is 0 Å². The lowest BCUT2D eigenvalue weighted by Crippen LogP contribution is -2.23. The summed E-state index contributed by atoms with van der Waals surface area (Å²) in [4.78, 5) is 8.65. The van der Waals surface area contributed by atoms with Gasteiger partial charge in [0.1, 0.15) is 5.69 Å². The highest BCUT2D eigenvalue weighted by Crippen LogP contribution is 2.17. The van der Waals surface area contributed by atoms with Crippen LogP contribution in [0.3, 0.4) is 0 Å². The SMILES string of the molecule is CN(C)CCOCc1nnn2c1CN(Cc1ccncc1)CCC2. The molecule has 1 aliphatic rings. The Labute approximate surface area is 143 Å². The Morgan fingerprint density at radius 2 is 2.04 bits per heavy atom. The summed E-state index contributed by atoms with van der Waals surface area (Å²) in [5.74, 6) is 0. The van der Waals surface area contributed by atoms with Gasteiger partial charge in [0.2, 0.25) is 0 Å². The maximum absolute atomic E-state index is 5.76. The monoisotopic (exact) mass is 330 g/mol. The summed E-state index contributed by atoms with van der Waals surface area (Å²) in [7, 11) is 4.09. The van der Waals surface area contributed by atoms with Gasteiger partial charge in [-0.05, 0) is 38.2 Å². The van der Waals surface area contributed by atoms with Crippen LogP contribution in [0.25, 0.3) is 0 Å². The molecule has 0 saturated carbocycles. The van der Waals surface area contributed by atoms with Crippen LogP contribution in [0.15, 0.2) is 24.5 Å². The second kappa shape index (κ2) is 8.32. The molecule has 130 valence electrons. The second-order valence-electron chi connectivity index (χ2n) is 6.48. The number of hydrogen-bond donors (Lipinski definition) is 0. The summed E-state index contributed by atoms with van der Waals surface area (Å²) in [6.07, 6.45) is 4.79. The molecule has 7 heteroatoms. The molecule has 2 aromatic rings. The largest absolute Gasteiger partial charge is 0.374 e. The predicted molar refractivity (Wildman–Crippen MR) is 91.2 cm³/mol. The van der Waals surface area contributed by atoms with E-state index in [1.165, 1.54) is 11.3 Å². The van der Waals surface area contributed by atoms with Gasteiger partial charge in [-0.15, -0.1) is 5.10 Å². The van der Waals surface area contributed by atoms with E-state index in [-0.39, 0.29) is 0 Å². The summed E-state index contributed by atoms with van der Waals surface area (Å²) in [6, 6.07) is 4.15. The van der Waals surface area contributed by atoms with Gasteiger partial charge >= 0.3 is 0 Å². The average Bonchev–Trinajstić information content (AvgIpc) is 2.83. The number of likely N-dealkylation sites (N-methyl/N-ethyl adjacent to an activating group) is 1. The van der Waals surface area contributed by atoms with Crippen molar-refractivity contribution in [1.29, 1.82) is 0 Å². The molecule has 0 unspecified atom stereocenters. The van der Waals surface area contributed by atoms with Gasteiger partial charge in [-0.25, -0.2) is 4.68 Å². The fourth-order valence-electron chi connectivity index (χ4n) is 2.87. The summed E-state index contributed by atoms with van der Waals surface area (Å²) < 4.78 is 7.80. The fourth-order valence-corrected chi connectivity index (χ4v) is 2.87. The minimum absolute atomic E-state index is 0.534. The first-order valence-electron chi connectivity index (χ1n) is 8.47. The number of fused-ring (bicyclic) bond motifs is 1. The quantitative estimate of drug-likeness (QED) is 0.710. The second-order valence-corrected chi connectivity index (χ2v) is 6.48. The third-order valence-electron chi connectivity index (χ3n) is 4.21. The van der Waals surface area contributed by atoms with Gasteiger partial charge < -0.3 is 9.64 Å². The van der Waals surface area contributed by atoms with Crippen LogP contribution in [0.5, 0.6) is 0 Å². The molecule has 0 radical (unpaired) electrons. The first kappa shape index (κ1) is 17.0. The Hall–Kier alpha value is -1.83. The van der Waals surface area contributed by atoms with Crippen LogP contribution in [-0.4, -0.2) is 63.6 Å². The van der Waals surface area contributed by atoms with Crippen LogP contribution in [0, 0.1) is 0 Å². The van der Waals surface area contributed by atoms with Crippen molar-refractivity contribution in [1.82, 2.24) is 29.8 Å². The third kappa shape index (κ3) is 4.59. The Bertz CT molecular complexity index is 627. The van der Waals surface area contributed by atoms with Gasteiger partial charge in [0.05, 0.1) is 18.9 Å². The number of aromatic nitrogens is 4. The van der Waals surface area contributed by atoms with E-state index < -0.39 is 0 Å². The van der Waals surface area contributed by atoms with Crippen LogP contribution in [0.2, 0.25) is 0 Å². The van der Waals surface area contributed by atoms with Crippen molar-refractivity contribution >= 4 is 0 Å². The number of pyridine rings is 1. The summed E-state index contributed by atoms with van der Waals surface area (Å²) in [5, 5.41) is 8.65. The van der Waals surface area contributed by atoms with E-state index in [9.17, 15) is 0 Å². The average molecular weight is 330 g/mol. The third-order valence-corrected chi connectivity index (χ3v) is 4.21. The normalized spacial score (nSPS) is 15.5. The Morgan fingerprint density at radius 1 is 1.21 bits per heavy atom. The van der Waals surface area contributed by atoms with Gasteiger partial charge in [0.15, 0.2) is 0 Å². The number of hydrogen-bond acceptors (Lipinski definition) is 6. The van der Waals surface area contributed by atoms with E-state index in [0.717, 1.165) is 44.8 Å². The molecule has 0 aromatic carbocycles. The zero-order valence-electron chi connectivity index (χ0n) is 14.6. The number of nitrogens with zero attached hydrogens (tertiary/aromatic N) is 6. The van der Waals surface area contributed by atoms with Crippen molar-refractivity contribution in [2.24, 2.45) is 0 Å². The van der Waals surface area contributed by atoms with Gasteiger partial charge in [-0.1, -0.05) is 5.21 Å². The van der Waals surface area contributed by atoms with Crippen molar-refractivity contribution < 1.29 is 4.74 Å². The number of aryl methyl sites for hydroxylation is 1. The minimum Gasteiger partial charge on any atom is -0.374 e. The zero-order chi connectivity index (χ0) is 16.8. The van der Waals surface area contributed by atoms with Crippen molar-refractivity contribution in [3.8, 4) is 0 Å². The first-order valence-corrected chi connectivity index (χ1v) is 8.47. The summed E-state index contributed by atoms with van der Waals surface area (Å²) >= 11 is 0. The zero-order valence-corrected chi connectivity index (χ0v) is 14.6. The lowest BCUT2D eigenvalue weighted by molar-refractivity contribution is 0.102. The van der Waals surface area contributed by atoms with Gasteiger partial charge in [-0.3, -0.25) is 9.88 Å². The molecule has 7 nitrogen and oxygen atoms in total. The van der Waals surface area contributed by atoms with E-state index in [4.69, 9.17) is 4.74 Å². The van der Waals surface area contributed by atoms with Gasteiger partial charge in [-0.2, -0.15) is 0 Å². The fraction of sp³-hybridized carbons (Fsp3) is 0.588. The molecule has 3 heterocycles. The van der Waals surface area contributed by atoms with E-state index in [0.29, 0.717) is 13.2 Å². The molecular formula is C17H26N6O. The van der Waals surface area contributed by atoms with Gasteiger partial charge in [0, 0.05) is 45.1 Å². The van der Waals surface area contributed by atoms with E-state index in [1.807, 2.05) is 31.2 Å². The molecule has 0 atom stereocenters. The van der Waals surface area contributed by atoms with Gasteiger partial charge in [0.25, 0.3) is 0 Å². The molecule has 2 aromatic heterocycles. The van der Waals surface area contributed by atoms with Crippen molar-refractivity contribution in [2.45, 2.75) is 32.7 Å². The van der Waals surface area contributed by atoms with Crippen molar-refractivity contribution in [2.75, 3.05) is 33.8 Å². The Balaban J connectivity index is 1.62.